The van der Waals surface area contributed by atoms with Crippen molar-refractivity contribution in [2.75, 3.05) is 5.73 Å². The Morgan fingerprint density at radius 2 is 1.17 bits per heavy atom. The Bertz CT molecular complexity index is 944. The van der Waals surface area contributed by atoms with Crippen LogP contribution in [0.4, 0.5) is 11.4 Å². The van der Waals surface area contributed by atoms with Crippen molar-refractivity contribution in [3.05, 3.63) is 69.8 Å². The first-order valence-corrected chi connectivity index (χ1v) is 15.1. The van der Waals surface area contributed by atoms with E-state index in [1.54, 1.807) is 18.2 Å². The number of rotatable bonds is 10. The number of benzene rings is 2. The van der Waals surface area contributed by atoms with Crippen molar-refractivity contribution < 1.29 is 4.92 Å². The van der Waals surface area contributed by atoms with Gasteiger partial charge in [0.15, 0.2) is 0 Å². The molecule has 42 heavy (non-hydrogen) atoms. The van der Waals surface area contributed by atoms with Gasteiger partial charge in [-0.1, -0.05) is 140 Å². The van der Waals surface area contributed by atoms with Crippen LogP contribution >= 0.6 is 0 Å². The van der Waals surface area contributed by atoms with Crippen molar-refractivity contribution in [2.45, 2.75) is 129 Å². The molecule has 0 radical (unpaired) electrons. The molecule has 0 aliphatic rings. The minimum absolute atomic E-state index is 0. The second-order valence-corrected chi connectivity index (χ2v) is 11.5. The maximum atomic E-state index is 10.1. The van der Waals surface area contributed by atoms with E-state index in [-0.39, 0.29) is 26.0 Å². The maximum Gasteiger partial charge on any atom is 0.269 e. The van der Waals surface area contributed by atoms with Crippen molar-refractivity contribution in [1.82, 2.24) is 0 Å². The predicted octanol–water partition coefficient (Wildman–Crippen LogP) is 12.0. The molecule has 0 amide bonds. The van der Waals surface area contributed by atoms with Crippen LogP contribution in [-0.2, 0) is 5.41 Å². The lowest BCUT2D eigenvalue weighted by Crippen LogP contribution is -2.36. The number of anilines is 1. The highest BCUT2D eigenvalue weighted by Gasteiger charge is 2.36. The zero-order valence-corrected chi connectivity index (χ0v) is 27.6. The SMILES string of the molecule is C.C.CC#N.CCC(C)C(C)(c1ccc(N)cc1)C(C)CC.CCC(C)C(C)C(C)CC.Cc1ccc([N+](=O)[O-])cc1. The third-order valence-corrected chi connectivity index (χ3v) is 9.13. The van der Waals surface area contributed by atoms with Crippen LogP contribution in [0.3, 0.4) is 0 Å². The van der Waals surface area contributed by atoms with Crippen LogP contribution in [0.25, 0.3) is 0 Å². The maximum absolute atomic E-state index is 10.1. The summed E-state index contributed by atoms with van der Waals surface area (Å²) in [5.41, 5.74) is 9.49. The largest absolute Gasteiger partial charge is 0.399 e. The van der Waals surface area contributed by atoms with E-state index >= 15 is 0 Å². The number of nitrogens with two attached hydrogens (primary N) is 1. The Morgan fingerprint density at radius 3 is 1.45 bits per heavy atom. The lowest BCUT2D eigenvalue weighted by atomic mass is 9.63. The third-order valence-electron chi connectivity index (χ3n) is 9.13. The quantitative estimate of drug-likeness (QED) is 0.170. The minimum atomic E-state index is -0.403. The van der Waals surface area contributed by atoms with Gasteiger partial charge in [-0.15, -0.1) is 0 Å². The van der Waals surface area contributed by atoms with Crippen molar-refractivity contribution in [2.24, 2.45) is 29.6 Å². The molecule has 4 atom stereocenters. The first kappa shape index (κ1) is 46.1. The molecule has 0 saturated heterocycles. The van der Waals surface area contributed by atoms with E-state index < -0.39 is 4.92 Å². The van der Waals surface area contributed by atoms with E-state index in [0.29, 0.717) is 11.8 Å². The molecular weight excluding hydrogens is 518 g/mol. The summed E-state index contributed by atoms with van der Waals surface area (Å²) in [6.07, 6.45) is 5.08. The normalized spacial score (nSPS) is 14.6. The Balaban J connectivity index is -0.000000252. The Kier molecular flexibility index (Phi) is 27.1. The Labute approximate surface area is 261 Å². The number of nitrogens with zero attached hydrogens (tertiary/aromatic N) is 2. The van der Waals surface area contributed by atoms with E-state index in [9.17, 15) is 10.1 Å². The molecule has 242 valence electrons. The smallest absolute Gasteiger partial charge is 0.269 e. The second-order valence-electron chi connectivity index (χ2n) is 11.5. The van der Waals surface area contributed by atoms with Gasteiger partial charge >= 0.3 is 0 Å². The van der Waals surface area contributed by atoms with Gasteiger partial charge in [-0.2, -0.15) is 5.26 Å². The van der Waals surface area contributed by atoms with Crippen LogP contribution in [0, 0.1) is 58.0 Å². The summed E-state index contributed by atoms with van der Waals surface area (Å²) in [5, 5.41) is 17.4. The summed E-state index contributed by atoms with van der Waals surface area (Å²) < 4.78 is 0. The lowest BCUT2D eigenvalue weighted by Gasteiger charge is -2.41. The van der Waals surface area contributed by atoms with Gasteiger partial charge in [0.25, 0.3) is 5.69 Å². The van der Waals surface area contributed by atoms with Gasteiger partial charge in [-0.05, 0) is 59.6 Å². The highest BCUT2D eigenvalue weighted by Crippen LogP contribution is 2.42. The molecule has 0 saturated carbocycles. The molecule has 0 bridgehead atoms. The monoisotopic (exact) mass is 586 g/mol. The van der Waals surface area contributed by atoms with Gasteiger partial charge in [0, 0.05) is 24.7 Å². The number of nitrogen functional groups attached to an aromatic ring is 1. The van der Waals surface area contributed by atoms with Crippen molar-refractivity contribution in [3.63, 3.8) is 0 Å². The molecule has 0 aliphatic carbocycles. The van der Waals surface area contributed by atoms with Crippen LogP contribution in [0.5, 0.6) is 0 Å². The summed E-state index contributed by atoms with van der Waals surface area (Å²) >= 11 is 0. The van der Waals surface area contributed by atoms with E-state index in [4.69, 9.17) is 11.0 Å². The Hall–Kier alpha value is -2.87. The van der Waals surface area contributed by atoms with E-state index in [1.807, 2.05) is 19.1 Å². The molecule has 2 rings (SSSR count). The van der Waals surface area contributed by atoms with Crippen LogP contribution < -0.4 is 5.73 Å². The van der Waals surface area contributed by atoms with Gasteiger partial charge in [0.05, 0.1) is 11.0 Å². The summed E-state index contributed by atoms with van der Waals surface area (Å²) in [6.45, 7) is 26.7. The summed E-state index contributed by atoms with van der Waals surface area (Å²) in [4.78, 5) is 9.71. The molecule has 0 heterocycles. The first-order chi connectivity index (χ1) is 18.7. The molecule has 5 nitrogen and oxygen atoms in total. The van der Waals surface area contributed by atoms with Crippen LogP contribution in [0.2, 0.25) is 0 Å². The molecule has 4 unspecified atom stereocenters. The average molecular weight is 586 g/mol. The van der Waals surface area contributed by atoms with Gasteiger partial charge in [0.2, 0.25) is 0 Å². The number of nitro groups is 1. The number of hydrogen-bond donors (Lipinski definition) is 1. The molecule has 0 spiro atoms. The topological polar surface area (TPSA) is 93.0 Å². The van der Waals surface area contributed by atoms with E-state index in [2.05, 4.69) is 81.4 Å². The van der Waals surface area contributed by atoms with Crippen molar-refractivity contribution in [1.29, 1.82) is 5.26 Å². The molecular formula is C37H67N3O2. The number of hydrogen-bond acceptors (Lipinski definition) is 4. The highest BCUT2D eigenvalue weighted by atomic mass is 16.6. The first-order valence-electron chi connectivity index (χ1n) is 15.1. The number of non-ortho nitro benzene ring substituents is 1. The van der Waals surface area contributed by atoms with Gasteiger partial charge < -0.3 is 5.73 Å². The fraction of sp³-hybridized carbons (Fsp3) is 0.649. The molecule has 0 aromatic heterocycles. The van der Waals surface area contributed by atoms with E-state index in [1.165, 1.54) is 50.3 Å². The standard InChI is InChI=1S/C16H27N.C10H22.C7H7NO2.C2H3N.2CH4/c1-6-12(3)16(5,13(4)7-2)14-8-10-15(17)11-9-14;1-6-8(3)10(5)9(4)7-2;1-6-2-4-7(5-3-6)8(9)10;1-2-3;;/h8-13H,6-7,17H2,1-5H3;8-10H,6-7H2,1-5H3;2-5H,1H3;1H3;2*1H4. The number of nitriles is 1. The van der Waals surface area contributed by atoms with Crippen LogP contribution in [0.15, 0.2) is 48.5 Å². The molecule has 2 aromatic rings. The van der Waals surface area contributed by atoms with Crippen molar-refractivity contribution >= 4 is 11.4 Å². The zero-order valence-electron chi connectivity index (χ0n) is 27.6. The van der Waals surface area contributed by atoms with Crippen LogP contribution in [-0.4, -0.2) is 4.92 Å². The predicted molar refractivity (Wildman–Crippen MR) is 188 cm³/mol. The fourth-order valence-electron chi connectivity index (χ4n) is 4.72. The molecule has 5 heteroatoms. The number of nitro benzene ring substituents is 1. The van der Waals surface area contributed by atoms with E-state index in [0.717, 1.165) is 29.0 Å². The fourth-order valence-corrected chi connectivity index (χ4v) is 4.72. The molecule has 0 fully saturated rings. The average Bonchev–Trinajstić information content (AvgIpc) is 2.96. The van der Waals surface area contributed by atoms with Gasteiger partial charge in [-0.25, -0.2) is 0 Å². The van der Waals surface area contributed by atoms with Gasteiger partial charge in [0.1, 0.15) is 0 Å². The lowest BCUT2D eigenvalue weighted by molar-refractivity contribution is -0.384. The Morgan fingerprint density at radius 1 is 0.810 bits per heavy atom. The van der Waals surface area contributed by atoms with Crippen molar-refractivity contribution in [3.8, 4) is 6.07 Å². The van der Waals surface area contributed by atoms with Gasteiger partial charge in [-0.3, -0.25) is 10.1 Å². The third kappa shape index (κ3) is 15.9. The molecule has 0 aliphatic heterocycles. The minimum Gasteiger partial charge on any atom is -0.399 e. The van der Waals surface area contributed by atoms with Crippen LogP contribution in [0.1, 0.15) is 128 Å². The summed E-state index contributed by atoms with van der Waals surface area (Å²) in [6, 6.07) is 16.6. The number of aryl methyl sites for hydroxylation is 1. The summed E-state index contributed by atoms with van der Waals surface area (Å²) in [5.74, 6) is 4.06. The second kappa shape index (κ2) is 24.7. The molecule has 2 N–H and O–H groups in total. The summed E-state index contributed by atoms with van der Waals surface area (Å²) in [7, 11) is 0. The zero-order chi connectivity index (χ0) is 31.5. The molecule has 2 aromatic carbocycles. The highest BCUT2D eigenvalue weighted by molar-refractivity contribution is 5.42.